The third kappa shape index (κ3) is 4.52. The molecule has 7 heteroatoms. The molecule has 0 unspecified atom stereocenters. The molecule has 5 nitrogen and oxygen atoms in total. The lowest BCUT2D eigenvalue weighted by molar-refractivity contribution is -0.115. The van der Waals surface area contributed by atoms with E-state index >= 15 is 4.39 Å². The van der Waals surface area contributed by atoms with Crippen LogP contribution in [0.4, 0.5) is 4.39 Å². The molecule has 2 aromatic rings. The average Bonchev–Trinajstić information content (AvgIpc) is 3.22. The number of unbranched alkanes of at least 4 members (excludes halogenated alkanes) is 1. The highest BCUT2D eigenvalue weighted by Crippen LogP contribution is 2.40. The average molecular weight is 491 g/mol. The molecule has 1 amide bonds. The zero-order valence-corrected chi connectivity index (χ0v) is 20.6. The van der Waals surface area contributed by atoms with Crippen molar-refractivity contribution < 1.29 is 17.6 Å². The highest BCUT2D eigenvalue weighted by molar-refractivity contribution is 7.89. The minimum Gasteiger partial charge on any atom is -0.268 e. The molecule has 0 bridgehead atoms. The van der Waals surface area contributed by atoms with Gasteiger partial charge in [-0.1, -0.05) is 55.8 Å². The lowest BCUT2D eigenvalue weighted by Crippen LogP contribution is -2.30. The fourth-order valence-corrected chi connectivity index (χ4v) is 5.43. The highest BCUT2D eigenvalue weighted by Gasteiger charge is 2.29. The first-order chi connectivity index (χ1) is 16.7. The van der Waals surface area contributed by atoms with E-state index in [4.69, 9.17) is 4.99 Å². The second-order valence-corrected chi connectivity index (χ2v) is 11.0. The van der Waals surface area contributed by atoms with Crippen molar-refractivity contribution >= 4 is 21.5 Å². The number of nitrogens with zero attached hydrogens (tertiary/aromatic N) is 1. The Hall–Kier alpha value is -3.32. The largest absolute Gasteiger partial charge is 0.268 e. The van der Waals surface area contributed by atoms with E-state index in [9.17, 15) is 13.2 Å². The summed E-state index contributed by atoms with van der Waals surface area (Å²) in [5.74, 6) is -0.953. The van der Waals surface area contributed by atoms with Gasteiger partial charge >= 0.3 is 0 Å². The molecule has 0 aromatic heterocycles. The van der Waals surface area contributed by atoms with E-state index in [1.54, 1.807) is 12.2 Å². The number of carbonyl (C=O) groups excluding carboxylic acids is 1. The third-order valence-electron chi connectivity index (χ3n) is 6.75. The molecule has 1 aliphatic heterocycles. The van der Waals surface area contributed by atoms with Gasteiger partial charge in [0.1, 0.15) is 5.36 Å². The smallest absolute Gasteiger partial charge is 0.264 e. The van der Waals surface area contributed by atoms with Crippen LogP contribution in [0.2, 0.25) is 0 Å². The molecule has 2 aromatic carbocycles. The standard InChI is InChI=1S/C28H27FN2O3S/c1-3-4-5-17-6-8-18(9-7-17)21-14-15-24-23-13-10-19-16-20(28(32)31-35(2,33)34)11-12-22(19)26(23)30-27(24)25(21)29/h6-9,11,14-16H,3-5,10,12-13H2,1-2H3,(H,31,32). The van der Waals surface area contributed by atoms with E-state index in [0.717, 1.165) is 58.7 Å². The van der Waals surface area contributed by atoms with Gasteiger partial charge in [0.05, 0.1) is 12.0 Å². The van der Waals surface area contributed by atoms with Crippen molar-refractivity contribution in [1.82, 2.24) is 4.72 Å². The Morgan fingerprint density at radius 3 is 2.57 bits per heavy atom. The number of benzene rings is 2. The van der Waals surface area contributed by atoms with Crippen molar-refractivity contribution in [3.63, 3.8) is 0 Å². The zero-order chi connectivity index (χ0) is 24.7. The van der Waals surface area contributed by atoms with Crippen LogP contribution in [0.15, 0.2) is 76.0 Å². The van der Waals surface area contributed by atoms with Gasteiger partial charge in [0.25, 0.3) is 5.91 Å². The van der Waals surface area contributed by atoms with Gasteiger partial charge in [0.2, 0.25) is 10.0 Å². The number of fused-ring (bicyclic) bond motifs is 3. The van der Waals surface area contributed by atoms with Gasteiger partial charge in [0, 0.05) is 16.4 Å². The fraction of sp³-hybridized carbons (Fsp3) is 0.286. The van der Waals surface area contributed by atoms with Crippen LogP contribution in [0.25, 0.3) is 16.7 Å². The van der Waals surface area contributed by atoms with Crippen LogP contribution < -0.4 is 15.3 Å². The van der Waals surface area contributed by atoms with Gasteiger partial charge in [-0.05, 0) is 66.0 Å². The Morgan fingerprint density at radius 1 is 1.09 bits per heavy atom. The molecule has 180 valence electrons. The van der Waals surface area contributed by atoms with Crippen LogP contribution >= 0.6 is 0 Å². The molecule has 0 atom stereocenters. The number of sulfonamides is 1. The van der Waals surface area contributed by atoms with E-state index in [1.807, 2.05) is 29.0 Å². The second-order valence-electron chi connectivity index (χ2n) is 9.28. The summed E-state index contributed by atoms with van der Waals surface area (Å²) in [6.07, 6.45) is 9.51. The minimum atomic E-state index is -3.64. The molecule has 1 N–H and O–H groups in total. The lowest BCUT2D eigenvalue weighted by Gasteiger charge is -2.24. The monoisotopic (exact) mass is 490 g/mol. The van der Waals surface area contributed by atoms with Crippen molar-refractivity contribution in [3.05, 3.63) is 92.9 Å². The summed E-state index contributed by atoms with van der Waals surface area (Å²) in [6, 6.07) is 11.9. The summed E-state index contributed by atoms with van der Waals surface area (Å²) >= 11 is 0. The molecule has 0 saturated carbocycles. The summed E-state index contributed by atoms with van der Waals surface area (Å²) in [4.78, 5) is 17.0. The second kappa shape index (κ2) is 9.04. The Balaban J connectivity index is 1.50. The Morgan fingerprint density at radius 2 is 1.86 bits per heavy atom. The molecule has 0 radical (unpaired) electrons. The molecule has 0 saturated heterocycles. The number of allylic oxidation sites excluding steroid dienone is 4. The number of carbonyl (C=O) groups is 1. The molecular formula is C28H27FN2O3S. The van der Waals surface area contributed by atoms with Gasteiger partial charge in [-0.25, -0.2) is 22.5 Å². The maximum Gasteiger partial charge on any atom is 0.264 e. The quantitative estimate of drug-likeness (QED) is 0.665. The summed E-state index contributed by atoms with van der Waals surface area (Å²) in [5.41, 5.74) is 6.69. The van der Waals surface area contributed by atoms with Crippen LogP contribution in [0, 0.1) is 5.82 Å². The van der Waals surface area contributed by atoms with Crippen molar-refractivity contribution in [2.45, 2.75) is 45.4 Å². The number of halogens is 1. The predicted octanol–water partition coefficient (Wildman–Crippen LogP) is 4.00. The normalized spacial score (nSPS) is 16.6. The SMILES string of the molecule is CCCCc1ccc(-c2ccc3c(c2F)=NC2=C4CC=C(C(=O)NS(C)(=O)=O)C=C4CCC=32)cc1. The number of hydrogen-bond acceptors (Lipinski definition) is 4. The van der Waals surface area contributed by atoms with Crippen LogP contribution in [-0.2, 0) is 21.2 Å². The Bertz CT molecular complexity index is 1560. The number of rotatable bonds is 6. The van der Waals surface area contributed by atoms with Crippen molar-refractivity contribution in [3.8, 4) is 11.1 Å². The van der Waals surface area contributed by atoms with Crippen molar-refractivity contribution in [2.24, 2.45) is 4.99 Å². The molecule has 5 rings (SSSR count). The number of hydrogen-bond donors (Lipinski definition) is 1. The van der Waals surface area contributed by atoms with Crippen LogP contribution in [0.1, 0.15) is 44.6 Å². The van der Waals surface area contributed by atoms with Gasteiger partial charge in [0.15, 0.2) is 5.82 Å². The van der Waals surface area contributed by atoms with Crippen LogP contribution in [0.3, 0.4) is 0 Å². The summed E-state index contributed by atoms with van der Waals surface area (Å²) in [5, 5.41) is 1.21. The van der Waals surface area contributed by atoms with Crippen molar-refractivity contribution in [1.29, 1.82) is 0 Å². The number of nitrogens with one attached hydrogen (secondary N) is 1. The van der Waals surface area contributed by atoms with E-state index in [2.05, 4.69) is 19.1 Å². The first-order valence-corrected chi connectivity index (χ1v) is 13.8. The minimum absolute atomic E-state index is 0.316. The first kappa shape index (κ1) is 23.4. The topological polar surface area (TPSA) is 75.6 Å². The highest BCUT2D eigenvalue weighted by atomic mass is 32.2. The van der Waals surface area contributed by atoms with Gasteiger partial charge in [-0.3, -0.25) is 4.79 Å². The number of aryl methyl sites for hydroxylation is 1. The third-order valence-corrected chi connectivity index (χ3v) is 7.30. The molecule has 1 heterocycles. The molecule has 0 spiro atoms. The van der Waals surface area contributed by atoms with Crippen LogP contribution in [0.5, 0.6) is 0 Å². The predicted molar refractivity (Wildman–Crippen MR) is 135 cm³/mol. The van der Waals surface area contributed by atoms with E-state index in [1.165, 1.54) is 5.56 Å². The summed E-state index contributed by atoms with van der Waals surface area (Å²) < 4.78 is 40.5. The lowest BCUT2D eigenvalue weighted by atomic mass is 9.82. The summed E-state index contributed by atoms with van der Waals surface area (Å²) in [6.45, 7) is 2.17. The molecule has 2 aliphatic carbocycles. The zero-order valence-electron chi connectivity index (χ0n) is 19.8. The van der Waals surface area contributed by atoms with E-state index in [-0.39, 0.29) is 5.82 Å². The van der Waals surface area contributed by atoms with Gasteiger partial charge < -0.3 is 0 Å². The maximum absolute atomic E-state index is 15.7. The molecule has 0 fully saturated rings. The van der Waals surface area contributed by atoms with Crippen LogP contribution in [-0.4, -0.2) is 20.6 Å². The summed E-state index contributed by atoms with van der Waals surface area (Å²) in [7, 11) is -3.64. The van der Waals surface area contributed by atoms with Crippen molar-refractivity contribution in [2.75, 3.05) is 6.26 Å². The Kier molecular flexibility index (Phi) is 6.05. The maximum atomic E-state index is 15.7. The Labute approximate surface area is 204 Å². The molecule has 35 heavy (non-hydrogen) atoms. The van der Waals surface area contributed by atoms with E-state index in [0.29, 0.717) is 35.8 Å². The fourth-order valence-electron chi connectivity index (χ4n) is 4.98. The molecular weight excluding hydrogens is 463 g/mol. The van der Waals surface area contributed by atoms with Gasteiger partial charge in [-0.2, -0.15) is 0 Å². The number of amides is 1. The van der Waals surface area contributed by atoms with E-state index < -0.39 is 15.9 Å². The van der Waals surface area contributed by atoms with Gasteiger partial charge in [-0.15, -0.1) is 0 Å². The first-order valence-electron chi connectivity index (χ1n) is 11.9. The molecule has 3 aliphatic rings.